The number of aryl methyl sites for hydroxylation is 1. The van der Waals surface area contributed by atoms with E-state index < -0.39 is 5.97 Å². The van der Waals surface area contributed by atoms with E-state index in [0.29, 0.717) is 10.8 Å². The summed E-state index contributed by atoms with van der Waals surface area (Å²) in [4.78, 5) is 19.3. The zero-order valence-electron chi connectivity index (χ0n) is 10.5. The second-order valence-electron chi connectivity index (χ2n) is 3.85. The molecular formula is C12H14N4O2S. The molecule has 2 rings (SSSR count). The van der Waals surface area contributed by atoms with Gasteiger partial charge < -0.3 is 5.11 Å². The summed E-state index contributed by atoms with van der Waals surface area (Å²) in [5.41, 5.74) is 0.217. The van der Waals surface area contributed by atoms with Gasteiger partial charge in [0.2, 0.25) is 0 Å². The van der Waals surface area contributed by atoms with Gasteiger partial charge >= 0.3 is 5.97 Å². The molecule has 1 N–H and O–H groups in total. The van der Waals surface area contributed by atoms with Gasteiger partial charge in [-0.15, -0.1) is 0 Å². The Hall–Kier alpha value is -1.89. The number of pyridine rings is 1. The lowest BCUT2D eigenvalue weighted by atomic mass is 10.3. The lowest BCUT2D eigenvalue weighted by molar-refractivity contribution is 0.0692. The number of carbonyl (C=O) groups is 1. The van der Waals surface area contributed by atoms with E-state index in [1.54, 1.807) is 18.3 Å². The molecule has 0 saturated heterocycles. The molecule has 6 nitrogen and oxygen atoms in total. The smallest absolute Gasteiger partial charge is 0.338 e. The standard InChI is InChI=1S/C12H14N4O2S/c1-2-6-16-10(14-8-15-16)7-19-11-9(12(17)18)4-3-5-13-11/h3-5,8H,2,6-7H2,1H3,(H,17,18). The largest absolute Gasteiger partial charge is 0.478 e. The van der Waals surface area contributed by atoms with E-state index >= 15 is 0 Å². The lowest BCUT2D eigenvalue weighted by Crippen LogP contribution is -2.05. The maximum Gasteiger partial charge on any atom is 0.338 e. The molecule has 0 unspecified atom stereocenters. The highest BCUT2D eigenvalue weighted by Crippen LogP contribution is 2.23. The van der Waals surface area contributed by atoms with Gasteiger partial charge in [0.05, 0.1) is 11.3 Å². The first-order valence-corrected chi connectivity index (χ1v) is 6.88. The summed E-state index contributed by atoms with van der Waals surface area (Å²) < 4.78 is 1.83. The van der Waals surface area contributed by atoms with Gasteiger partial charge in [-0.25, -0.2) is 19.4 Å². The predicted molar refractivity (Wildman–Crippen MR) is 71.1 cm³/mol. The Morgan fingerprint density at radius 1 is 1.47 bits per heavy atom. The number of carboxylic acid groups (broad SMARTS) is 1. The van der Waals surface area contributed by atoms with Gasteiger partial charge in [-0.2, -0.15) is 5.10 Å². The van der Waals surface area contributed by atoms with Crippen LogP contribution in [-0.2, 0) is 12.3 Å². The fourth-order valence-electron chi connectivity index (χ4n) is 1.60. The molecule has 2 aromatic heterocycles. The normalized spacial score (nSPS) is 10.6. The van der Waals surface area contributed by atoms with E-state index in [1.165, 1.54) is 18.1 Å². The first-order valence-electron chi connectivity index (χ1n) is 5.90. The zero-order chi connectivity index (χ0) is 13.7. The van der Waals surface area contributed by atoms with E-state index in [9.17, 15) is 4.79 Å². The van der Waals surface area contributed by atoms with E-state index in [2.05, 4.69) is 22.0 Å². The third-order valence-electron chi connectivity index (χ3n) is 2.47. The second-order valence-corrected chi connectivity index (χ2v) is 4.81. The molecular weight excluding hydrogens is 264 g/mol. The van der Waals surface area contributed by atoms with Gasteiger partial charge in [-0.05, 0) is 18.6 Å². The first kappa shape index (κ1) is 13.5. The summed E-state index contributed by atoms with van der Waals surface area (Å²) in [5.74, 6) is 0.413. The quantitative estimate of drug-likeness (QED) is 0.815. The van der Waals surface area contributed by atoms with E-state index in [0.717, 1.165) is 18.8 Å². The number of rotatable bonds is 6. The van der Waals surface area contributed by atoms with Gasteiger partial charge in [0.1, 0.15) is 17.2 Å². The van der Waals surface area contributed by atoms with Crippen molar-refractivity contribution in [2.75, 3.05) is 0 Å². The van der Waals surface area contributed by atoms with Crippen LogP contribution in [0.15, 0.2) is 29.7 Å². The summed E-state index contributed by atoms with van der Waals surface area (Å²) in [6, 6.07) is 3.17. The predicted octanol–water partition coefficient (Wildman–Crippen LogP) is 2.07. The number of hydrogen-bond donors (Lipinski definition) is 1. The SMILES string of the molecule is CCCn1ncnc1CSc1ncccc1C(=O)O. The summed E-state index contributed by atoms with van der Waals surface area (Å²) in [7, 11) is 0. The van der Waals surface area contributed by atoms with Crippen molar-refractivity contribution in [2.24, 2.45) is 0 Å². The molecule has 0 saturated carbocycles. The number of thioether (sulfide) groups is 1. The Morgan fingerprint density at radius 3 is 3.05 bits per heavy atom. The van der Waals surface area contributed by atoms with Crippen LogP contribution in [0.1, 0.15) is 29.5 Å². The highest BCUT2D eigenvalue weighted by Gasteiger charge is 2.12. The maximum atomic E-state index is 11.1. The van der Waals surface area contributed by atoms with Crippen LogP contribution < -0.4 is 0 Å². The Balaban J connectivity index is 2.10. The molecule has 0 amide bonds. The molecule has 0 radical (unpaired) electrons. The van der Waals surface area contributed by atoms with Crippen LogP contribution in [0.2, 0.25) is 0 Å². The molecule has 0 bridgehead atoms. The van der Waals surface area contributed by atoms with Crippen LogP contribution in [-0.4, -0.2) is 30.8 Å². The third-order valence-corrected chi connectivity index (χ3v) is 3.47. The fraction of sp³-hybridized carbons (Fsp3) is 0.333. The minimum atomic E-state index is -0.967. The third kappa shape index (κ3) is 3.31. The summed E-state index contributed by atoms with van der Waals surface area (Å²) in [5, 5.41) is 13.7. The Labute approximate surface area is 114 Å². The van der Waals surface area contributed by atoms with Crippen molar-refractivity contribution in [3.05, 3.63) is 36.0 Å². The Morgan fingerprint density at radius 2 is 2.32 bits per heavy atom. The molecule has 0 aliphatic heterocycles. The minimum absolute atomic E-state index is 0.217. The number of aromatic nitrogens is 4. The number of hydrogen-bond acceptors (Lipinski definition) is 5. The molecule has 2 aromatic rings. The maximum absolute atomic E-state index is 11.1. The van der Waals surface area contributed by atoms with E-state index in [1.807, 2.05) is 4.68 Å². The Bertz CT molecular complexity index is 570. The van der Waals surface area contributed by atoms with Crippen LogP contribution >= 0.6 is 11.8 Å². The molecule has 0 spiro atoms. The van der Waals surface area contributed by atoms with Gasteiger partial charge in [0.25, 0.3) is 0 Å². The first-order chi connectivity index (χ1) is 9.22. The van der Waals surface area contributed by atoms with E-state index in [4.69, 9.17) is 5.11 Å². The molecule has 0 aromatic carbocycles. The van der Waals surface area contributed by atoms with Crippen LogP contribution in [0, 0.1) is 0 Å². The summed E-state index contributed by atoms with van der Waals surface area (Å²) in [6.07, 6.45) is 4.08. The molecule has 100 valence electrons. The molecule has 0 atom stereocenters. The van der Waals surface area contributed by atoms with Gasteiger partial charge in [0, 0.05) is 12.7 Å². The highest BCUT2D eigenvalue weighted by molar-refractivity contribution is 7.98. The Kier molecular flexibility index (Phi) is 4.51. The highest BCUT2D eigenvalue weighted by atomic mass is 32.2. The lowest BCUT2D eigenvalue weighted by Gasteiger charge is -2.05. The van der Waals surface area contributed by atoms with Gasteiger partial charge in [0.15, 0.2) is 0 Å². The van der Waals surface area contributed by atoms with Crippen molar-refractivity contribution >= 4 is 17.7 Å². The second kappa shape index (κ2) is 6.33. The monoisotopic (exact) mass is 278 g/mol. The van der Waals surface area contributed by atoms with Crippen molar-refractivity contribution in [1.29, 1.82) is 0 Å². The number of carboxylic acids is 1. The average molecular weight is 278 g/mol. The van der Waals surface area contributed by atoms with Crippen molar-refractivity contribution in [3.63, 3.8) is 0 Å². The molecule has 19 heavy (non-hydrogen) atoms. The van der Waals surface area contributed by atoms with Crippen molar-refractivity contribution < 1.29 is 9.90 Å². The topological polar surface area (TPSA) is 80.9 Å². The van der Waals surface area contributed by atoms with Crippen molar-refractivity contribution in [3.8, 4) is 0 Å². The minimum Gasteiger partial charge on any atom is -0.478 e. The fourth-order valence-corrected chi connectivity index (χ4v) is 2.54. The van der Waals surface area contributed by atoms with Gasteiger partial charge in [-0.3, -0.25) is 0 Å². The number of aromatic carboxylic acids is 1. The molecule has 7 heteroatoms. The molecule has 0 aliphatic carbocycles. The van der Waals surface area contributed by atoms with Crippen molar-refractivity contribution in [1.82, 2.24) is 19.7 Å². The van der Waals surface area contributed by atoms with Crippen LogP contribution in [0.5, 0.6) is 0 Å². The molecule has 0 fully saturated rings. The zero-order valence-corrected chi connectivity index (χ0v) is 11.3. The van der Waals surface area contributed by atoms with Crippen molar-refractivity contribution in [2.45, 2.75) is 30.7 Å². The summed E-state index contributed by atoms with van der Waals surface area (Å²) in [6.45, 7) is 2.88. The molecule has 0 aliphatic rings. The van der Waals surface area contributed by atoms with Crippen LogP contribution in [0.4, 0.5) is 0 Å². The van der Waals surface area contributed by atoms with E-state index in [-0.39, 0.29) is 5.56 Å². The van der Waals surface area contributed by atoms with Crippen LogP contribution in [0.3, 0.4) is 0 Å². The summed E-state index contributed by atoms with van der Waals surface area (Å²) >= 11 is 1.36. The molecule has 2 heterocycles. The van der Waals surface area contributed by atoms with Crippen LogP contribution in [0.25, 0.3) is 0 Å². The van der Waals surface area contributed by atoms with Gasteiger partial charge in [-0.1, -0.05) is 18.7 Å². The number of nitrogens with zero attached hydrogens (tertiary/aromatic N) is 4. The average Bonchev–Trinajstić information content (AvgIpc) is 2.84.